The van der Waals surface area contributed by atoms with Gasteiger partial charge in [0.15, 0.2) is 6.61 Å². The van der Waals surface area contributed by atoms with Crippen LogP contribution in [-0.2, 0) is 25.5 Å². The summed E-state index contributed by atoms with van der Waals surface area (Å²) < 4.78 is 16.8. The number of hydrogen-bond donors (Lipinski definition) is 1. The molecule has 0 aliphatic heterocycles. The van der Waals surface area contributed by atoms with Gasteiger partial charge in [-0.2, -0.15) is 0 Å². The lowest BCUT2D eigenvalue weighted by Gasteiger charge is -2.09. The maximum Gasteiger partial charge on any atom is 0.344 e. The van der Waals surface area contributed by atoms with Crippen molar-refractivity contribution >= 4 is 40.3 Å². The lowest BCUT2D eigenvalue weighted by atomic mass is 10.1. The molecule has 0 radical (unpaired) electrons. The molecule has 0 bridgehead atoms. The van der Waals surface area contributed by atoms with Crippen LogP contribution in [0.5, 0.6) is 5.75 Å². The molecule has 180 valence electrons. The van der Waals surface area contributed by atoms with Crippen LogP contribution >= 0.6 is 11.6 Å². The zero-order chi connectivity index (χ0) is 24.8. The van der Waals surface area contributed by atoms with Crippen LogP contribution in [0.25, 0.3) is 10.9 Å². The van der Waals surface area contributed by atoms with Gasteiger partial charge in [-0.1, -0.05) is 11.6 Å². The van der Waals surface area contributed by atoms with Crippen molar-refractivity contribution in [1.82, 2.24) is 4.57 Å². The molecule has 1 unspecified atom stereocenters. The third-order valence-corrected chi connectivity index (χ3v) is 5.56. The summed E-state index contributed by atoms with van der Waals surface area (Å²) in [6, 6.07) is 11.8. The molecule has 0 saturated heterocycles. The van der Waals surface area contributed by atoms with E-state index in [2.05, 4.69) is 0 Å². The molecule has 0 aliphatic rings. The van der Waals surface area contributed by atoms with Gasteiger partial charge in [-0.15, -0.1) is 0 Å². The van der Waals surface area contributed by atoms with Crippen LogP contribution < -0.4 is 4.74 Å². The van der Waals surface area contributed by atoms with Gasteiger partial charge < -0.3 is 19.3 Å². The Balaban J connectivity index is 1.84. The summed E-state index contributed by atoms with van der Waals surface area (Å²) in [4.78, 5) is 37.6. The second-order valence-electron chi connectivity index (χ2n) is 7.79. The van der Waals surface area contributed by atoms with Gasteiger partial charge in [-0.25, -0.2) is 4.79 Å². The van der Waals surface area contributed by atoms with Gasteiger partial charge in [0.1, 0.15) is 5.75 Å². The van der Waals surface area contributed by atoms with Crippen LogP contribution in [0.3, 0.4) is 0 Å². The number of ether oxygens (including phenoxy) is 3. The number of aliphatic hydroxyl groups is 1. The number of aromatic nitrogens is 1. The molecule has 9 heteroatoms. The minimum atomic E-state index is -0.701. The van der Waals surface area contributed by atoms with E-state index >= 15 is 0 Å². The fraction of sp³-hybridized carbons (Fsp3) is 0.320. The van der Waals surface area contributed by atoms with E-state index in [1.165, 1.54) is 11.7 Å². The first-order valence-corrected chi connectivity index (χ1v) is 11.1. The lowest BCUT2D eigenvalue weighted by Crippen LogP contribution is -2.19. The second-order valence-corrected chi connectivity index (χ2v) is 8.23. The molecule has 3 aromatic rings. The molecule has 34 heavy (non-hydrogen) atoms. The molecule has 0 amide bonds. The SMILES string of the molecule is COc1ccc2c(c1)c(CC(=O)OCC(=O)OCCC(C)O)c(C)n2C(=O)c1ccc(Cl)cc1. The van der Waals surface area contributed by atoms with Crippen molar-refractivity contribution in [1.29, 1.82) is 0 Å². The van der Waals surface area contributed by atoms with Crippen molar-refractivity contribution in [3.05, 3.63) is 64.3 Å². The largest absolute Gasteiger partial charge is 0.497 e. The number of fused-ring (bicyclic) bond motifs is 1. The number of carbonyl (C=O) groups is 3. The number of nitrogens with zero attached hydrogens (tertiary/aromatic N) is 1. The Morgan fingerprint density at radius 3 is 2.41 bits per heavy atom. The minimum absolute atomic E-state index is 0.0350. The van der Waals surface area contributed by atoms with Crippen molar-refractivity contribution in [2.45, 2.75) is 32.8 Å². The van der Waals surface area contributed by atoms with Crippen LogP contribution in [0, 0.1) is 6.92 Å². The monoisotopic (exact) mass is 487 g/mol. The molecule has 1 heterocycles. The van der Waals surface area contributed by atoms with Gasteiger partial charge in [-0.05, 0) is 61.9 Å². The third kappa shape index (κ3) is 5.95. The predicted molar refractivity (Wildman–Crippen MR) is 126 cm³/mol. The van der Waals surface area contributed by atoms with E-state index in [1.54, 1.807) is 56.3 Å². The van der Waals surface area contributed by atoms with Gasteiger partial charge in [0.05, 0.1) is 31.8 Å². The number of esters is 2. The van der Waals surface area contributed by atoms with Crippen LogP contribution in [0.1, 0.15) is 35.0 Å². The van der Waals surface area contributed by atoms with Gasteiger partial charge in [-0.3, -0.25) is 14.2 Å². The number of rotatable bonds is 9. The van der Waals surface area contributed by atoms with Crippen LogP contribution in [0.2, 0.25) is 5.02 Å². The van der Waals surface area contributed by atoms with E-state index in [1.807, 2.05) is 0 Å². The maximum absolute atomic E-state index is 13.3. The number of halogens is 1. The third-order valence-electron chi connectivity index (χ3n) is 5.31. The van der Waals surface area contributed by atoms with Crippen LogP contribution in [-0.4, -0.2) is 53.9 Å². The molecule has 0 fully saturated rings. The first kappa shape index (κ1) is 25.3. The van der Waals surface area contributed by atoms with Crippen molar-refractivity contribution in [3.8, 4) is 5.75 Å². The van der Waals surface area contributed by atoms with E-state index in [4.69, 9.17) is 25.8 Å². The first-order chi connectivity index (χ1) is 16.2. The number of hydrogen-bond acceptors (Lipinski definition) is 7. The highest BCUT2D eigenvalue weighted by molar-refractivity contribution is 6.30. The van der Waals surface area contributed by atoms with Crippen molar-refractivity contribution in [2.75, 3.05) is 20.3 Å². The van der Waals surface area contributed by atoms with Gasteiger partial charge in [0, 0.05) is 28.1 Å². The Bertz CT molecular complexity index is 1200. The number of carbonyl (C=O) groups excluding carboxylic acids is 3. The fourth-order valence-electron chi connectivity index (χ4n) is 3.52. The molecule has 0 saturated carbocycles. The molecule has 1 aromatic heterocycles. The zero-order valence-corrected chi connectivity index (χ0v) is 19.9. The summed E-state index contributed by atoms with van der Waals surface area (Å²) in [5.74, 6) is -1.05. The molecular formula is C25H26ClNO7. The Morgan fingerprint density at radius 2 is 1.76 bits per heavy atom. The minimum Gasteiger partial charge on any atom is -0.497 e. The zero-order valence-electron chi connectivity index (χ0n) is 19.2. The molecule has 0 aliphatic carbocycles. The molecule has 1 N–H and O–H groups in total. The Hall–Kier alpha value is -3.36. The quantitative estimate of drug-likeness (QED) is 0.459. The molecule has 3 rings (SSSR count). The lowest BCUT2D eigenvalue weighted by molar-refractivity contribution is -0.158. The highest BCUT2D eigenvalue weighted by Gasteiger charge is 2.23. The standard InChI is InChI=1S/C25H26ClNO7/c1-15(28)10-11-33-24(30)14-34-23(29)13-20-16(2)27(22-9-8-19(32-3)12-21(20)22)25(31)17-4-6-18(26)7-5-17/h4-9,12,15,28H,10-11,13-14H2,1-3H3. The highest BCUT2D eigenvalue weighted by Crippen LogP contribution is 2.31. The summed E-state index contributed by atoms with van der Waals surface area (Å²) >= 11 is 5.95. The molecule has 1 atom stereocenters. The molecule has 0 spiro atoms. The molecule has 2 aromatic carbocycles. The van der Waals surface area contributed by atoms with Crippen molar-refractivity contribution in [3.63, 3.8) is 0 Å². The summed E-state index contributed by atoms with van der Waals surface area (Å²) in [5.41, 5.74) is 2.20. The van der Waals surface area contributed by atoms with Gasteiger partial charge in [0.25, 0.3) is 5.91 Å². The fourth-order valence-corrected chi connectivity index (χ4v) is 3.64. The summed E-state index contributed by atoms with van der Waals surface area (Å²) in [6.07, 6.45) is -0.456. The summed E-state index contributed by atoms with van der Waals surface area (Å²) in [7, 11) is 1.53. The first-order valence-electron chi connectivity index (χ1n) is 10.7. The van der Waals surface area contributed by atoms with Crippen molar-refractivity contribution in [2.24, 2.45) is 0 Å². The van der Waals surface area contributed by atoms with Crippen molar-refractivity contribution < 1.29 is 33.7 Å². The van der Waals surface area contributed by atoms with Gasteiger partial charge >= 0.3 is 11.9 Å². The Morgan fingerprint density at radius 1 is 1.06 bits per heavy atom. The van der Waals surface area contributed by atoms with Crippen LogP contribution in [0.15, 0.2) is 42.5 Å². The normalized spacial score (nSPS) is 11.8. The topological polar surface area (TPSA) is 104 Å². The van der Waals surface area contributed by atoms with E-state index in [-0.39, 0.29) is 18.9 Å². The van der Waals surface area contributed by atoms with Crippen LogP contribution in [0.4, 0.5) is 0 Å². The second kappa shape index (κ2) is 11.2. The maximum atomic E-state index is 13.3. The number of aliphatic hydroxyl groups excluding tert-OH is 1. The predicted octanol–water partition coefficient (Wildman–Crippen LogP) is 3.70. The smallest absolute Gasteiger partial charge is 0.344 e. The highest BCUT2D eigenvalue weighted by atomic mass is 35.5. The Kier molecular flexibility index (Phi) is 8.31. The van der Waals surface area contributed by atoms with E-state index in [0.29, 0.717) is 44.9 Å². The average molecular weight is 488 g/mol. The van der Waals surface area contributed by atoms with Gasteiger partial charge in [0.2, 0.25) is 0 Å². The van der Waals surface area contributed by atoms with E-state index in [0.717, 1.165) is 0 Å². The molecular weight excluding hydrogens is 462 g/mol. The molecule has 8 nitrogen and oxygen atoms in total. The average Bonchev–Trinajstić information content (AvgIpc) is 3.08. The van der Waals surface area contributed by atoms with E-state index in [9.17, 15) is 19.5 Å². The van der Waals surface area contributed by atoms with E-state index < -0.39 is 24.6 Å². The summed E-state index contributed by atoms with van der Waals surface area (Å²) in [5, 5.41) is 10.4. The summed E-state index contributed by atoms with van der Waals surface area (Å²) in [6.45, 7) is 2.82. The number of methoxy groups -OCH3 is 1. The number of benzene rings is 2. The Labute approximate surface area is 202 Å².